The average molecular weight is 351 g/mol. The molecule has 6 heteroatoms. The van der Waals surface area contributed by atoms with Crippen molar-refractivity contribution >= 4 is 6.03 Å². The van der Waals surface area contributed by atoms with E-state index in [0.29, 0.717) is 19.1 Å². The molecule has 0 radical (unpaired) electrons. The maximum atomic E-state index is 11.7. The minimum absolute atomic E-state index is 0.156. The molecule has 0 aliphatic heterocycles. The minimum Gasteiger partial charge on any atom is -0.491 e. The number of nitrogens with one attached hydrogen (secondary N) is 3. The van der Waals surface area contributed by atoms with Gasteiger partial charge in [-0.1, -0.05) is 26.0 Å². The van der Waals surface area contributed by atoms with Gasteiger partial charge in [-0.2, -0.15) is 0 Å². The van der Waals surface area contributed by atoms with Crippen LogP contribution in [-0.2, 0) is 6.42 Å². The maximum Gasteiger partial charge on any atom is 0.315 e. The third-order valence-corrected chi connectivity index (χ3v) is 3.32. The van der Waals surface area contributed by atoms with E-state index in [-0.39, 0.29) is 18.2 Å². The summed E-state index contributed by atoms with van der Waals surface area (Å²) in [5.74, 6) is 0.728. The normalized spacial score (nSPS) is 12.8. The number of carbonyl (C=O) groups is 1. The molecule has 25 heavy (non-hydrogen) atoms. The molecule has 0 saturated carbocycles. The number of ether oxygens (including phenoxy) is 1. The van der Waals surface area contributed by atoms with E-state index >= 15 is 0 Å². The summed E-state index contributed by atoms with van der Waals surface area (Å²) in [6.07, 6.45) is 0.214. The van der Waals surface area contributed by atoms with Crippen LogP contribution >= 0.6 is 0 Å². The van der Waals surface area contributed by atoms with Crippen LogP contribution in [0.1, 0.15) is 40.2 Å². The Balaban J connectivity index is 2.28. The van der Waals surface area contributed by atoms with E-state index in [1.54, 1.807) is 0 Å². The molecule has 0 bridgehead atoms. The lowest BCUT2D eigenvalue weighted by Gasteiger charge is -2.20. The first-order valence-electron chi connectivity index (χ1n) is 8.85. The van der Waals surface area contributed by atoms with E-state index in [4.69, 9.17) is 4.74 Å². The molecule has 0 spiro atoms. The molecule has 1 atom stereocenters. The van der Waals surface area contributed by atoms with Gasteiger partial charge in [-0.25, -0.2) is 4.79 Å². The first-order chi connectivity index (χ1) is 11.7. The first kappa shape index (κ1) is 21.3. The Morgan fingerprint density at radius 1 is 1.20 bits per heavy atom. The second-order valence-corrected chi connectivity index (χ2v) is 7.55. The quantitative estimate of drug-likeness (QED) is 0.549. The van der Waals surface area contributed by atoms with E-state index in [1.165, 1.54) is 0 Å². The predicted octanol–water partition coefficient (Wildman–Crippen LogP) is 2.06. The molecule has 1 aromatic carbocycles. The van der Waals surface area contributed by atoms with Gasteiger partial charge < -0.3 is 25.8 Å². The molecule has 0 saturated heterocycles. The molecule has 1 aromatic rings. The van der Waals surface area contributed by atoms with E-state index in [1.807, 2.05) is 58.9 Å². The Morgan fingerprint density at radius 2 is 1.84 bits per heavy atom. The summed E-state index contributed by atoms with van der Waals surface area (Å²) in [7, 11) is 0. The summed E-state index contributed by atoms with van der Waals surface area (Å²) in [4.78, 5) is 11.7. The van der Waals surface area contributed by atoms with Gasteiger partial charge >= 0.3 is 6.03 Å². The number of amides is 2. The molecular formula is C19H33N3O3. The molecule has 0 heterocycles. The highest BCUT2D eigenvalue weighted by atomic mass is 16.5. The van der Waals surface area contributed by atoms with Gasteiger partial charge in [0.25, 0.3) is 0 Å². The Bertz CT molecular complexity index is 510. The molecule has 0 aliphatic rings. The van der Waals surface area contributed by atoms with Crippen molar-refractivity contribution in [2.75, 3.05) is 19.7 Å². The van der Waals surface area contributed by atoms with Crippen molar-refractivity contribution in [2.24, 2.45) is 0 Å². The van der Waals surface area contributed by atoms with Crippen molar-refractivity contribution in [1.29, 1.82) is 0 Å². The molecule has 1 unspecified atom stereocenters. The van der Waals surface area contributed by atoms with Crippen LogP contribution in [0.15, 0.2) is 24.3 Å². The summed E-state index contributed by atoms with van der Waals surface area (Å²) in [6, 6.07) is 7.89. The van der Waals surface area contributed by atoms with Crippen LogP contribution in [0.25, 0.3) is 0 Å². The smallest absolute Gasteiger partial charge is 0.315 e. The molecule has 2 amide bonds. The van der Waals surface area contributed by atoms with Gasteiger partial charge in [0, 0.05) is 24.7 Å². The summed E-state index contributed by atoms with van der Waals surface area (Å²) < 4.78 is 5.58. The minimum atomic E-state index is -0.535. The molecule has 4 N–H and O–H groups in total. The molecule has 6 nitrogen and oxygen atoms in total. The van der Waals surface area contributed by atoms with Gasteiger partial charge in [-0.3, -0.25) is 0 Å². The van der Waals surface area contributed by atoms with Gasteiger partial charge in [0.1, 0.15) is 18.5 Å². The average Bonchev–Trinajstić information content (AvgIpc) is 2.50. The van der Waals surface area contributed by atoms with Crippen LogP contribution in [0.5, 0.6) is 5.75 Å². The fourth-order valence-electron chi connectivity index (χ4n) is 2.08. The van der Waals surface area contributed by atoms with Crippen molar-refractivity contribution < 1.29 is 14.6 Å². The fourth-order valence-corrected chi connectivity index (χ4v) is 2.08. The molecule has 0 aromatic heterocycles. The number of benzene rings is 1. The van der Waals surface area contributed by atoms with Crippen LogP contribution in [0, 0.1) is 0 Å². The lowest BCUT2D eigenvalue weighted by Crippen LogP contribution is -2.46. The van der Waals surface area contributed by atoms with Crippen LogP contribution in [0.2, 0.25) is 0 Å². The highest BCUT2D eigenvalue weighted by molar-refractivity contribution is 5.74. The number of urea groups is 1. The molecule has 1 rings (SSSR count). The molecule has 142 valence electrons. The van der Waals surface area contributed by atoms with Gasteiger partial charge in [-0.05, 0) is 44.9 Å². The number of carbonyl (C=O) groups excluding carboxylic acids is 1. The zero-order chi connectivity index (χ0) is 18.9. The highest BCUT2D eigenvalue weighted by Crippen LogP contribution is 2.12. The molecule has 0 fully saturated rings. The number of hydrogen-bond acceptors (Lipinski definition) is 4. The number of aliphatic hydroxyl groups is 1. The second kappa shape index (κ2) is 10.3. The Morgan fingerprint density at radius 3 is 2.40 bits per heavy atom. The number of rotatable bonds is 9. The Labute approximate surface area is 151 Å². The molecule has 0 aliphatic carbocycles. The van der Waals surface area contributed by atoms with E-state index in [9.17, 15) is 9.90 Å². The van der Waals surface area contributed by atoms with Crippen molar-refractivity contribution in [3.8, 4) is 5.75 Å². The second-order valence-electron chi connectivity index (χ2n) is 7.55. The largest absolute Gasteiger partial charge is 0.491 e. The monoisotopic (exact) mass is 351 g/mol. The van der Waals surface area contributed by atoms with Crippen molar-refractivity contribution in [3.05, 3.63) is 29.8 Å². The van der Waals surface area contributed by atoms with Crippen LogP contribution in [0.3, 0.4) is 0 Å². The van der Waals surface area contributed by atoms with Crippen LogP contribution in [0.4, 0.5) is 4.79 Å². The van der Waals surface area contributed by atoms with Gasteiger partial charge in [0.2, 0.25) is 0 Å². The zero-order valence-corrected chi connectivity index (χ0v) is 16.1. The highest BCUT2D eigenvalue weighted by Gasteiger charge is 2.12. The summed E-state index contributed by atoms with van der Waals surface area (Å²) in [5.41, 5.74) is 0.878. The summed E-state index contributed by atoms with van der Waals surface area (Å²) in [5, 5.41) is 18.7. The summed E-state index contributed by atoms with van der Waals surface area (Å²) >= 11 is 0. The van der Waals surface area contributed by atoms with E-state index in [2.05, 4.69) is 16.0 Å². The predicted molar refractivity (Wildman–Crippen MR) is 101 cm³/mol. The van der Waals surface area contributed by atoms with Gasteiger partial charge in [0.05, 0.1) is 0 Å². The zero-order valence-electron chi connectivity index (χ0n) is 16.1. The SMILES string of the molecule is CC(C)NCC(O)COc1ccc(CCNC(=O)NC(C)(C)C)cc1. The fraction of sp³-hybridized carbons (Fsp3) is 0.632. The number of aliphatic hydroxyl groups excluding tert-OH is 1. The van der Waals surface area contributed by atoms with E-state index in [0.717, 1.165) is 17.7 Å². The first-order valence-corrected chi connectivity index (χ1v) is 8.85. The van der Waals surface area contributed by atoms with Gasteiger partial charge in [0.15, 0.2) is 0 Å². The van der Waals surface area contributed by atoms with E-state index < -0.39 is 6.10 Å². The third kappa shape index (κ3) is 10.6. The lowest BCUT2D eigenvalue weighted by atomic mass is 10.1. The topological polar surface area (TPSA) is 82.6 Å². The summed E-state index contributed by atoms with van der Waals surface area (Å²) in [6.45, 7) is 11.2. The Hall–Kier alpha value is -1.79. The third-order valence-electron chi connectivity index (χ3n) is 3.32. The maximum absolute atomic E-state index is 11.7. The Kier molecular flexibility index (Phi) is 8.72. The van der Waals surface area contributed by atoms with Gasteiger partial charge in [-0.15, -0.1) is 0 Å². The van der Waals surface area contributed by atoms with Crippen LogP contribution < -0.4 is 20.7 Å². The standard InChI is InChI=1S/C19H33N3O3/c1-14(2)21-12-16(23)13-25-17-8-6-15(7-9-17)10-11-20-18(24)22-19(3,4)5/h6-9,14,16,21,23H,10-13H2,1-5H3,(H2,20,22,24). The van der Waals surface area contributed by atoms with Crippen molar-refractivity contribution in [2.45, 2.75) is 58.7 Å². The van der Waals surface area contributed by atoms with Crippen LogP contribution in [-0.4, -0.2) is 48.5 Å². The van der Waals surface area contributed by atoms with Crippen molar-refractivity contribution in [1.82, 2.24) is 16.0 Å². The van der Waals surface area contributed by atoms with Crippen molar-refractivity contribution in [3.63, 3.8) is 0 Å². The number of hydrogen-bond donors (Lipinski definition) is 4. The lowest BCUT2D eigenvalue weighted by molar-refractivity contribution is 0.104. The molecular weight excluding hydrogens is 318 g/mol.